The highest BCUT2D eigenvalue weighted by atomic mass is 35.5. The van der Waals surface area contributed by atoms with E-state index in [1.165, 1.54) is 0 Å². The van der Waals surface area contributed by atoms with Crippen molar-refractivity contribution in [2.45, 2.75) is 31.1 Å². The Balaban J connectivity index is 1.62. The van der Waals surface area contributed by atoms with E-state index in [1.807, 2.05) is 42.5 Å². The molecule has 1 fully saturated rings. The highest BCUT2D eigenvalue weighted by Gasteiger charge is 2.41. The Morgan fingerprint density at radius 3 is 2.54 bits per heavy atom. The second-order valence-electron chi connectivity index (χ2n) is 7.45. The molecule has 0 spiro atoms. The van der Waals surface area contributed by atoms with Gasteiger partial charge in [-0.15, -0.1) is 0 Å². The van der Waals surface area contributed by atoms with E-state index in [-0.39, 0.29) is 11.8 Å². The molecular weight excluding hydrogens is 376 g/mol. The SMILES string of the molecule is CN1C(=O)CCc2cc(NC(=O)C3(c4ccc(Cl)cc4)CCOCC3)ccc21. The zero-order valence-electron chi connectivity index (χ0n) is 15.8. The number of nitrogens with zero attached hydrogens (tertiary/aromatic N) is 1. The number of ether oxygens (including phenoxy) is 1. The predicted octanol–water partition coefficient (Wildman–Crippen LogP) is 3.94. The largest absolute Gasteiger partial charge is 0.381 e. The molecular formula is C22H23ClN2O3. The summed E-state index contributed by atoms with van der Waals surface area (Å²) in [6.07, 6.45) is 2.44. The summed E-state index contributed by atoms with van der Waals surface area (Å²) >= 11 is 6.04. The minimum absolute atomic E-state index is 0.0293. The lowest BCUT2D eigenvalue weighted by molar-refractivity contribution is -0.125. The van der Waals surface area contributed by atoms with Crippen molar-refractivity contribution in [1.29, 1.82) is 0 Å². The Labute approximate surface area is 169 Å². The topological polar surface area (TPSA) is 58.6 Å². The Hall–Kier alpha value is -2.37. The molecule has 4 rings (SSSR count). The number of nitrogens with one attached hydrogen (secondary N) is 1. The molecule has 2 heterocycles. The first kappa shape index (κ1) is 19.0. The van der Waals surface area contributed by atoms with Crippen molar-refractivity contribution in [3.63, 3.8) is 0 Å². The number of anilines is 2. The van der Waals surface area contributed by atoms with Crippen LogP contribution in [0.4, 0.5) is 11.4 Å². The molecule has 28 heavy (non-hydrogen) atoms. The van der Waals surface area contributed by atoms with E-state index in [9.17, 15) is 9.59 Å². The van der Waals surface area contributed by atoms with Gasteiger partial charge in [-0.2, -0.15) is 0 Å². The second-order valence-corrected chi connectivity index (χ2v) is 7.89. The quantitative estimate of drug-likeness (QED) is 0.852. The Morgan fingerprint density at radius 2 is 1.82 bits per heavy atom. The van der Waals surface area contributed by atoms with Crippen molar-refractivity contribution in [1.82, 2.24) is 0 Å². The zero-order chi connectivity index (χ0) is 19.7. The molecule has 5 nitrogen and oxygen atoms in total. The van der Waals surface area contributed by atoms with E-state index >= 15 is 0 Å². The van der Waals surface area contributed by atoms with Gasteiger partial charge in [0.15, 0.2) is 0 Å². The molecule has 0 bridgehead atoms. The normalized spacial score (nSPS) is 18.5. The number of carbonyl (C=O) groups is 2. The third-order valence-electron chi connectivity index (χ3n) is 5.86. The van der Waals surface area contributed by atoms with Crippen LogP contribution in [-0.4, -0.2) is 32.1 Å². The van der Waals surface area contributed by atoms with Gasteiger partial charge in [-0.25, -0.2) is 0 Å². The summed E-state index contributed by atoms with van der Waals surface area (Å²) in [4.78, 5) is 27.0. The van der Waals surface area contributed by atoms with Crippen LogP contribution in [0.1, 0.15) is 30.4 Å². The second kappa shape index (κ2) is 7.57. The number of halogens is 1. The molecule has 2 aliphatic heterocycles. The van der Waals surface area contributed by atoms with E-state index in [0.29, 0.717) is 43.9 Å². The van der Waals surface area contributed by atoms with Crippen molar-refractivity contribution in [2.75, 3.05) is 30.5 Å². The fraction of sp³-hybridized carbons (Fsp3) is 0.364. The number of rotatable bonds is 3. The number of fused-ring (bicyclic) bond motifs is 1. The van der Waals surface area contributed by atoms with Gasteiger partial charge in [0.25, 0.3) is 0 Å². The molecule has 0 saturated carbocycles. The third-order valence-corrected chi connectivity index (χ3v) is 6.11. The van der Waals surface area contributed by atoms with Gasteiger partial charge in [0.05, 0.1) is 5.41 Å². The molecule has 2 aromatic rings. The summed E-state index contributed by atoms with van der Waals surface area (Å²) in [5.41, 5.74) is 3.07. The maximum absolute atomic E-state index is 13.4. The standard InChI is InChI=1S/C22H23ClN2O3/c1-25-19-8-7-18(14-15(19)2-9-20(25)26)24-21(27)22(10-12-28-13-11-22)16-3-5-17(23)6-4-16/h3-8,14H,2,9-13H2,1H3,(H,24,27). The van der Waals surface area contributed by atoms with Gasteiger partial charge in [-0.1, -0.05) is 23.7 Å². The van der Waals surface area contributed by atoms with Crippen molar-refractivity contribution in [3.8, 4) is 0 Å². The Kier molecular flexibility index (Phi) is 5.13. The van der Waals surface area contributed by atoms with Gasteiger partial charge in [0.1, 0.15) is 0 Å². The third kappa shape index (κ3) is 3.40. The van der Waals surface area contributed by atoms with Gasteiger partial charge >= 0.3 is 0 Å². The number of benzene rings is 2. The van der Waals surface area contributed by atoms with Crippen LogP contribution in [0.5, 0.6) is 0 Å². The first-order valence-electron chi connectivity index (χ1n) is 9.54. The maximum atomic E-state index is 13.4. The summed E-state index contributed by atoms with van der Waals surface area (Å²) in [5.74, 6) is 0.0893. The Bertz CT molecular complexity index is 904. The van der Waals surface area contributed by atoms with Crippen molar-refractivity contribution < 1.29 is 14.3 Å². The minimum atomic E-state index is -0.633. The van der Waals surface area contributed by atoms with Gasteiger partial charge in [-0.05, 0) is 60.7 Å². The highest BCUT2D eigenvalue weighted by Crippen LogP contribution is 2.37. The van der Waals surface area contributed by atoms with E-state index in [4.69, 9.17) is 16.3 Å². The van der Waals surface area contributed by atoms with Gasteiger partial charge in [-0.3, -0.25) is 9.59 Å². The Morgan fingerprint density at radius 1 is 1.11 bits per heavy atom. The van der Waals surface area contributed by atoms with E-state index < -0.39 is 5.41 Å². The number of aryl methyl sites for hydroxylation is 1. The summed E-state index contributed by atoms with van der Waals surface area (Å²) < 4.78 is 5.52. The summed E-state index contributed by atoms with van der Waals surface area (Å²) in [6.45, 7) is 1.10. The van der Waals surface area contributed by atoms with Crippen LogP contribution in [0.25, 0.3) is 0 Å². The average Bonchev–Trinajstić information content (AvgIpc) is 2.72. The minimum Gasteiger partial charge on any atom is -0.381 e. The molecule has 146 valence electrons. The molecule has 2 aromatic carbocycles. The molecule has 1 N–H and O–H groups in total. The number of carbonyl (C=O) groups excluding carboxylic acids is 2. The van der Waals surface area contributed by atoms with E-state index in [0.717, 1.165) is 22.5 Å². The number of amides is 2. The first-order chi connectivity index (χ1) is 13.5. The smallest absolute Gasteiger partial charge is 0.235 e. The van der Waals surface area contributed by atoms with E-state index in [2.05, 4.69) is 5.32 Å². The van der Waals surface area contributed by atoms with Crippen molar-refractivity contribution in [3.05, 3.63) is 58.6 Å². The molecule has 6 heteroatoms. The monoisotopic (exact) mass is 398 g/mol. The summed E-state index contributed by atoms with van der Waals surface area (Å²) in [7, 11) is 1.79. The zero-order valence-corrected chi connectivity index (χ0v) is 16.6. The summed E-state index contributed by atoms with van der Waals surface area (Å²) in [5, 5.41) is 3.76. The molecule has 0 radical (unpaired) electrons. The van der Waals surface area contributed by atoms with Crippen LogP contribution < -0.4 is 10.2 Å². The van der Waals surface area contributed by atoms with Crippen LogP contribution in [0.2, 0.25) is 5.02 Å². The predicted molar refractivity (Wildman–Crippen MR) is 110 cm³/mol. The van der Waals surface area contributed by atoms with Crippen LogP contribution in [0.15, 0.2) is 42.5 Å². The van der Waals surface area contributed by atoms with Crippen molar-refractivity contribution in [2.24, 2.45) is 0 Å². The van der Waals surface area contributed by atoms with Gasteiger partial charge in [0.2, 0.25) is 11.8 Å². The molecule has 2 amide bonds. The molecule has 0 aliphatic carbocycles. The molecule has 0 aromatic heterocycles. The van der Waals surface area contributed by atoms with Crippen LogP contribution in [0.3, 0.4) is 0 Å². The van der Waals surface area contributed by atoms with Crippen LogP contribution in [0, 0.1) is 0 Å². The first-order valence-corrected chi connectivity index (χ1v) is 9.92. The molecule has 0 atom stereocenters. The fourth-order valence-corrected chi connectivity index (χ4v) is 4.25. The molecule has 0 unspecified atom stereocenters. The highest BCUT2D eigenvalue weighted by molar-refractivity contribution is 6.30. The lowest BCUT2D eigenvalue weighted by Crippen LogP contribution is -2.44. The van der Waals surface area contributed by atoms with Crippen molar-refractivity contribution >= 4 is 34.8 Å². The summed E-state index contributed by atoms with van der Waals surface area (Å²) in [6, 6.07) is 13.3. The maximum Gasteiger partial charge on any atom is 0.235 e. The average molecular weight is 399 g/mol. The molecule has 2 aliphatic rings. The fourth-order valence-electron chi connectivity index (χ4n) is 4.12. The lowest BCUT2D eigenvalue weighted by atomic mass is 9.73. The van der Waals surface area contributed by atoms with Gasteiger partial charge < -0.3 is 15.0 Å². The van der Waals surface area contributed by atoms with Gasteiger partial charge in [0, 0.05) is 43.1 Å². The van der Waals surface area contributed by atoms with Crippen LogP contribution in [-0.2, 0) is 26.2 Å². The number of hydrogen-bond acceptors (Lipinski definition) is 3. The van der Waals surface area contributed by atoms with Crippen LogP contribution >= 0.6 is 11.6 Å². The molecule has 1 saturated heterocycles. The number of hydrogen-bond donors (Lipinski definition) is 1. The van der Waals surface area contributed by atoms with E-state index in [1.54, 1.807) is 11.9 Å². The lowest BCUT2D eigenvalue weighted by Gasteiger charge is -2.36.